The first-order valence-electron chi connectivity index (χ1n) is 9.08. The molecule has 30 heavy (non-hydrogen) atoms. The monoisotopic (exact) mass is 410 g/mol. The molecule has 1 atom stereocenters. The van der Waals surface area contributed by atoms with E-state index < -0.39 is 23.7 Å². The van der Waals surface area contributed by atoms with Gasteiger partial charge < -0.3 is 5.73 Å². The number of benzene rings is 2. The number of nitrogens with two attached hydrogens (primary N) is 1. The van der Waals surface area contributed by atoms with E-state index in [4.69, 9.17) is 5.73 Å². The summed E-state index contributed by atoms with van der Waals surface area (Å²) in [5.41, 5.74) is 4.71. The molecular weight excluding hydrogens is 393 g/mol. The Hall–Kier alpha value is -3.68. The number of hydrogen-bond donors (Lipinski definition) is 1. The van der Waals surface area contributed by atoms with Gasteiger partial charge in [-0.2, -0.15) is 0 Å². The Kier molecular flexibility index (Phi) is 4.77. The van der Waals surface area contributed by atoms with Crippen molar-refractivity contribution in [3.8, 4) is 11.1 Å². The molecular formula is C22H17F3N4O. The van der Waals surface area contributed by atoms with Crippen molar-refractivity contribution in [3.63, 3.8) is 0 Å². The van der Waals surface area contributed by atoms with Gasteiger partial charge in [0.25, 0.3) is 12.3 Å². The summed E-state index contributed by atoms with van der Waals surface area (Å²) in [5.74, 6) is -1.56. The molecule has 8 heteroatoms. The zero-order valence-corrected chi connectivity index (χ0v) is 15.9. The molecule has 0 bridgehead atoms. The molecule has 0 spiro atoms. The van der Waals surface area contributed by atoms with Crippen molar-refractivity contribution in [2.45, 2.75) is 12.0 Å². The molecule has 4 rings (SSSR count). The average Bonchev–Trinajstić information content (AvgIpc) is 2.99. The SMILES string of the molecule is CN1C(=O)C(c2cc(C(F)F)ccn2)(c2cc(-c3ccccc3)ccc2F)N=C1N. The highest BCUT2D eigenvalue weighted by molar-refractivity contribution is 6.08. The van der Waals surface area contributed by atoms with E-state index in [1.165, 1.54) is 19.2 Å². The van der Waals surface area contributed by atoms with Crippen molar-refractivity contribution in [1.29, 1.82) is 0 Å². The number of aromatic nitrogens is 1. The summed E-state index contributed by atoms with van der Waals surface area (Å²) in [6.45, 7) is 0. The number of aliphatic imine (C=N–C) groups is 1. The fraction of sp³-hybridized carbons (Fsp3) is 0.136. The van der Waals surface area contributed by atoms with Crippen LogP contribution in [0.2, 0.25) is 0 Å². The van der Waals surface area contributed by atoms with Crippen LogP contribution in [0.3, 0.4) is 0 Å². The molecule has 1 aromatic heterocycles. The summed E-state index contributed by atoms with van der Waals surface area (Å²) in [4.78, 5) is 22.7. The lowest BCUT2D eigenvalue weighted by Gasteiger charge is -2.26. The van der Waals surface area contributed by atoms with E-state index in [9.17, 15) is 13.6 Å². The van der Waals surface area contributed by atoms with Gasteiger partial charge in [0.1, 0.15) is 5.82 Å². The first kappa shape index (κ1) is 19.6. The molecule has 1 aliphatic rings. The van der Waals surface area contributed by atoms with Gasteiger partial charge in [-0.1, -0.05) is 36.4 Å². The average molecular weight is 410 g/mol. The van der Waals surface area contributed by atoms with Crippen LogP contribution in [-0.4, -0.2) is 28.8 Å². The largest absolute Gasteiger partial charge is 0.369 e. The van der Waals surface area contributed by atoms with Crippen molar-refractivity contribution in [2.24, 2.45) is 10.7 Å². The minimum atomic E-state index is -2.79. The molecule has 1 aliphatic heterocycles. The van der Waals surface area contributed by atoms with E-state index in [0.717, 1.165) is 28.8 Å². The zero-order chi connectivity index (χ0) is 21.5. The third-order valence-electron chi connectivity index (χ3n) is 5.11. The quantitative estimate of drug-likeness (QED) is 0.710. The van der Waals surface area contributed by atoms with Crippen molar-refractivity contribution in [1.82, 2.24) is 9.88 Å². The van der Waals surface area contributed by atoms with Crippen LogP contribution in [0.25, 0.3) is 11.1 Å². The van der Waals surface area contributed by atoms with Crippen LogP contribution in [-0.2, 0) is 10.3 Å². The van der Waals surface area contributed by atoms with Gasteiger partial charge in [-0.25, -0.2) is 18.2 Å². The van der Waals surface area contributed by atoms with Crippen molar-refractivity contribution < 1.29 is 18.0 Å². The number of nitrogens with zero attached hydrogens (tertiary/aromatic N) is 3. The number of pyridine rings is 1. The number of alkyl halides is 2. The molecule has 3 aromatic rings. The fourth-order valence-electron chi connectivity index (χ4n) is 3.51. The Bertz CT molecular complexity index is 1150. The molecule has 0 fully saturated rings. The van der Waals surface area contributed by atoms with Crippen LogP contribution in [0.5, 0.6) is 0 Å². The predicted octanol–water partition coefficient (Wildman–Crippen LogP) is 3.86. The topological polar surface area (TPSA) is 71.6 Å². The van der Waals surface area contributed by atoms with Gasteiger partial charge >= 0.3 is 0 Å². The highest BCUT2D eigenvalue weighted by Gasteiger charge is 2.52. The number of guanidine groups is 1. The van der Waals surface area contributed by atoms with Crippen LogP contribution in [0.4, 0.5) is 13.2 Å². The fourth-order valence-corrected chi connectivity index (χ4v) is 3.51. The van der Waals surface area contributed by atoms with Gasteiger partial charge in [0.2, 0.25) is 5.54 Å². The van der Waals surface area contributed by atoms with Crippen LogP contribution < -0.4 is 5.73 Å². The van der Waals surface area contributed by atoms with E-state index in [2.05, 4.69) is 9.98 Å². The summed E-state index contributed by atoms with van der Waals surface area (Å²) < 4.78 is 41.7. The lowest BCUT2D eigenvalue weighted by atomic mass is 9.83. The zero-order valence-electron chi connectivity index (χ0n) is 15.9. The molecule has 2 aromatic carbocycles. The normalized spacial score (nSPS) is 18.8. The molecule has 0 aliphatic carbocycles. The number of rotatable bonds is 4. The van der Waals surface area contributed by atoms with Gasteiger partial charge in [0, 0.05) is 24.4 Å². The van der Waals surface area contributed by atoms with E-state index >= 15 is 4.39 Å². The van der Waals surface area contributed by atoms with Crippen molar-refractivity contribution in [3.05, 3.63) is 89.5 Å². The van der Waals surface area contributed by atoms with Crippen LogP contribution in [0.1, 0.15) is 23.2 Å². The second-order valence-corrected chi connectivity index (χ2v) is 6.88. The summed E-state index contributed by atoms with van der Waals surface area (Å²) in [6, 6.07) is 15.6. The van der Waals surface area contributed by atoms with E-state index in [1.807, 2.05) is 30.3 Å². The minimum Gasteiger partial charge on any atom is -0.369 e. The smallest absolute Gasteiger partial charge is 0.268 e. The van der Waals surface area contributed by atoms with E-state index in [0.29, 0.717) is 5.56 Å². The Morgan fingerprint density at radius 3 is 2.40 bits per heavy atom. The highest BCUT2D eigenvalue weighted by Crippen LogP contribution is 2.41. The molecule has 0 saturated carbocycles. The molecule has 2 N–H and O–H groups in total. The summed E-state index contributed by atoms with van der Waals surface area (Å²) >= 11 is 0. The molecule has 152 valence electrons. The number of likely N-dealkylation sites (N-methyl/N-ethyl adjacent to an activating group) is 1. The van der Waals surface area contributed by atoms with Crippen LogP contribution >= 0.6 is 0 Å². The Morgan fingerprint density at radius 1 is 1.03 bits per heavy atom. The molecule has 1 amide bonds. The maximum Gasteiger partial charge on any atom is 0.268 e. The van der Waals surface area contributed by atoms with Gasteiger partial charge in [-0.15, -0.1) is 0 Å². The maximum absolute atomic E-state index is 15.1. The Labute approximate surface area is 170 Å². The van der Waals surface area contributed by atoms with Gasteiger partial charge in [-0.05, 0) is 35.4 Å². The second-order valence-electron chi connectivity index (χ2n) is 6.88. The summed E-state index contributed by atoms with van der Waals surface area (Å²) in [5, 5.41) is 0. The van der Waals surface area contributed by atoms with Crippen molar-refractivity contribution >= 4 is 11.9 Å². The minimum absolute atomic E-state index is 0.111. The van der Waals surface area contributed by atoms with E-state index in [1.54, 1.807) is 6.07 Å². The molecule has 0 radical (unpaired) electrons. The molecule has 5 nitrogen and oxygen atoms in total. The van der Waals surface area contributed by atoms with Crippen LogP contribution in [0.15, 0.2) is 71.9 Å². The summed E-state index contributed by atoms with van der Waals surface area (Å²) in [6.07, 6.45) is -1.64. The first-order valence-corrected chi connectivity index (χ1v) is 9.08. The number of carbonyl (C=O) groups is 1. The predicted molar refractivity (Wildman–Crippen MR) is 106 cm³/mol. The Balaban J connectivity index is 2.00. The molecule has 1 unspecified atom stereocenters. The van der Waals surface area contributed by atoms with Gasteiger partial charge in [0.15, 0.2) is 5.96 Å². The van der Waals surface area contributed by atoms with Gasteiger partial charge in [0.05, 0.1) is 5.69 Å². The van der Waals surface area contributed by atoms with E-state index in [-0.39, 0.29) is 22.8 Å². The number of carbonyl (C=O) groups excluding carboxylic acids is 1. The Morgan fingerprint density at radius 2 is 1.77 bits per heavy atom. The van der Waals surface area contributed by atoms with Crippen LogP contribution in [0, 0.1) is 5.82 Å². The lowest BCUT2D eigenvalue weighted by Crippen LogP contribution is -2.42. The molecule has 2 heterocycles. The number of amides is 1. The van der Waals surface area contributed by atoms with Crippen molar-refractivity contribution in [2.75, 3.05) is 7.05 Å². The lowest BCUT2D eigenvalue weighted by molar-refractivity contribution is -0.129. The van der Waals surface area contributed by atoms with Gasteiger partial charge in [-0.3, -0.25) is 14.7 Å². The highest BCUT2D eigenvalue weighted by atomic mass is 19.3. The second kappa shape index (κ2) is 7.29. The maximum atomic E-state index is 15.1. The third-order valence-corrected chi connectivity index (χ3v) is 5.11. The summed E-state index contributed by atoms with van der Waals surface area (Å²) in [7, 11) is 1.39. The third kappa shape index (κ3) is 3.01. The first-order chi connectivity index (χ1) is 14.3. The standard InChI is InChI=1S/C22H17F3N4O/c1-29-20(30)22(28-21(29)26,18-12-15(19(24)25)9-10-27-18)16-11-14(7-8-17(16)23)13-5-3-2-4-6-13/h2-12,19H,1H3,(H2,26,28). The number of halogens is 3. The molecule has 0 saturated heterocycles. The number of hydrogen-bond acceptors (Lipinski definition) is 4.